The van der Waals surface area contributed by atoms with Crippen molar-refractivity contribution in [1.82, 2.24) is 4.57 Å². The first-order valence-corrected chi connectivity index (χ1v) is 26.4. The summed E-state index contributed by atoms with van der Waals surface area (Å²) in [5.74, 6) is 0. The first-order chi connectivity index (χ1) is 33.7. The molecule has 0 saturated heterocycles. The topological polar surface area (TPSA) is 11.4 Å². The third-order valence-corrected chi connectivity index (χ3v) is 16.6. The van der Waals surface area contributed by atoms with Gasteiger partial charge in [-0.1, -0.05) is 168 Å². The number of benzene rings is 8. The van der Waals surface area contributed by atoms with Gasteiger partial charge < -0.3 is 14.4 Å². The highest BCUT2D eigenvalue weighted by atomic mass is 32.1. The van der Waals surface area contributed by atoms with Gasteiger partial charge in [0, 0.05) is 59.8 Å². The minimum atomic E-state index is 0.00913. The first kappa shape index (κ1) is 45.3. The van der Waals surface area contributed by atoms with Crippen LogP contribution in [0.25, 0.3) is 48.7 Å². The summed E-state index contributed by atoms with van der Waals surface area (Å²) in [6, 6.07) is 65.4. The molecule has 8 aromatic carbocycles. The molecule has 3 nitrogen and oxygen atoms in total. The van der Waals surface area contributed by atoms with Crippen LogP contribution in [-0.2, 0) is 21.7 Å². The van der Waals surface area contributed by atoms with E-state index in [1.54, 1.807) is 0 Å². The molecule has 0 radical (unpaired) electrons. The van der Waals surface area contributed by atoms with Crippen LogP contribution in [0.4, 0.5) is 34.1 Å². The zero-order valence-corrected chi connectivity index (χ0v) is 44.3. The van der Waals surface area contributed by atoms with Gasteiger partial charge in [-0.15, -0.1) is 11.3 Å². The van der Waals surface area contributed by atoms with Crippen molar-refractivity contribution >= 4 is 99.8 Å². The Kier molecular flexibility index (Phi) is 10.1. The molecule has 5 heteroatoms. The summed E-state index contributed by atoms with van der Waals surface area (Å²) >= 11 is 1.96. The maximum Gasteiger partial charge on any atom is 0.264 e. The van der Waals surface area contributed by atoms with Gasteiger partial charge >= 0.3 is 0 Å². The molecule has 352 valence electrons. The predicted octanol–water partition coefficient (Wildman–Crippen LogP) is 16.9. The molecule has 0 saturated carbocycles. The van der Waals surface area contributed by atoms with Crippen LogP contribution in [0.2, 0.25) is 0 Å². The Hall–Kier alpha value is -6.82. The first-order valence-electron chi connectivity index (χ1n) is 25.5. The minimum Gasteiger partial charge on any atom is -0.311 e. The third-order valence-electron chi connectivity index (χ3n) is 15.4. The van der Waals surface area contributed by atoms with Gasteiger partial charge in [-0.3, -0.25) is 0 Å². The fourth-order valence-electron chi connectivity index (χ4n) is 11.4. The number of thiophene rings is 1. The standard InChI is InChI=1S/C66H64BN3S/c1-63(2,3)43-22-28-47(29-23-43)68-56-19-16-20-57-60(56)67(62-61(70(57)48-30-24-44(25-31-48)64(4,5)6)52-37-42(21-36-59(52)71-62)41-17-14-13-15-18-41)53-33-32-49(40-58(53)68)69-54-34-26-45(65(7,8)9)38-50(54)51-39-46(66(10,11)12)27-35-55(51)69/h13-40H,1-12H3. The van der Waals surface area contributed by atoms with Crippen molar-refractivity contribution in [2.75, 3.05) is 9.80 Å². The summed E-state index contributed by atoms with van der Waals surface area (Å²) in [6.45, 7) is 27.7. The average Bonchev–Trinajstić information content (AvgIpc) is 3.88. The second kappa shape index (κ2) is 15.8. The van der Waals surface area contributed by atoms with Gasteiger partial charge in [-0.2, -0.15) is 0 Å². The predicted molar refractivity (Wildman–Crippen MR) is 310 cm³/mol. The summed E-state index contributed by atoms with van der Waals surface area (Å²) in [5.41, 5.74) is 21.5. The number of rotatable bonds is 4. The Bertz CT molecular complexity index is 3660. The largest absolute Gasteiger partial charge is 0.311 e. The summed E-state index contributed by atoms with van der Waals surface area (Å²) < 4.78 is 5.20. The summed E-state index contributed by atoms with van der Waals surface area (Å²) in [4.78, 5) is 5.15. The molecule has 2 aromatic heterocycles. The van der Waals surface area contributed by atoms with Crippen molar-refractivity contribution in [2.45, 2.75) is 105 Å². The van der Waals surface area contributed by atoms with Crippen molar-refractivity contribution < 1.29 is 0 Å². The lowest BCUT2D eigenvalue weighted by Crippen LogP contribution is -2.60. The molecule has 71 heavy (non-hydrogen) atoms. The van der Waals surface area contributed by atoms with Crippen LogP contribution in [0.1, 0.15) is 105 Å². The monoisotopic (exact) mass is 941 g/mol. The van der Waals surface area contributed by atoms with Crippen LogP contribution in [0.5, 0.6) is 0 Å². The van der Waals surface area contributed by atoms with Crippen molar-refractivity contribution in [3.05, 3.63) is 192 Å². The van der Waals surface area contributed by atoms with E-state index in [0.717, 1.165) is 11.4 Å². The smallest absolute Gasteiger partial charge is 0.264 e. The van der Waals surface area contributed by atoms with E-state index in [1.165, 1.54) is 109 Å². The lowest BCUT2D eigenvalue weighted by molar-refractivity contribution is 0.590. The van der Waals surface area contributed by atoms with Crippen LogP contribution < -0.4 is 25.5 Å². The van der Waals surface area contributed by atoms with Crippen molar-refractivity contribution in [3.63, 3.8) is 0 Å². The zero-order valence-electron chi connectivity index (χ0n) is 43.5. The third kappa shape index (κ3) is 7.37. The molecular formula is C66H64BN3S. The van der Waals surface area contributed by atoms with E-state index in [9.17, 15) is 0 Å². The number of hydrogen-bond acceptors (Lipinski definition) is 3. The highest BCUT2D eigenvalue weighted by Gasteiger charge is 2.45. The van der Waals surface area contributed by atoms with Crippen molar-refractivity contribution in [1.29, 1.82) is 0 Å². The van der Waals surface area contributed by atoms with Crippen molar-refractivity contribution in [3.8, 4) is 16.8 Å². The van der Waals surface area contributed by atoms with Gasteiger partial charge in [0.05, 0.1) is 16.7 Å². The summed E-state index contributed by atoms with van der Waals surface area (Å²) in [7, 11) is 0. The molecule has 0 atom stereocenters. The Morgan fingerprint density at radius 2 is 0.887 bits per heavy atom. The van der Waals surface area contributed by atoms with Gasteiger partial charge in [0.25, 0.3) is 6.71 Å². The van der Waals surface area contributed by atoms with Crippen LogP contribution in [-0.4, -0.2) is 11.3 Å². The van der Waals surface area contributed by atoms with Gasteiger partial charge in [0.2, 0.25) is 0 Å². The second-order valence-corrected chi connectivity index (χ2v) is 25.4. The van der Waals surface area contributed by atoms with Gasteiger partial charge in [0.15, 0.2) is 0 Å². The van der Waals surface area contributed by atoms with E-state index >= 15 is 0 Å². The number of hydrogen-bond donors (Lipinski definition) is 0. The number of nitrogens with zero attached hydrogens (tertiary/aromatic N) is 3. The highest BCUT2D eigenvalue weighted by Crippen LogP contribution is 2.49. The number of fused-ring (bicyclic) bond motifs is 9. The van der Waals surface area contributed by atoms with E-state index in [-0.39, 0.29) is 28.4 Å². The number of aromatic nitrogens is 1. The molecule has 0 bridgehead atoms. The summed E-state index contributed by atoms with van der Waals surface area (Å²) in [5, 5.41) is 3.89. The molecule has 12 rings (SSSR count). The quantitative estimate of drug-likeness (QED) is 0.163. The van der Waals surface area contributed by atoms with Crippen molar-refractivity contribution in [2.24, 2.45) is 0 Å². The normalized spacial score (nSPS) is 13.8. The molecule has 2 aliphatic heterocycles. The average molecular weight is 942 g/mol. The molecule has 0 spiro atoms. The molecular weight excluding hydrogens is 878 g/mol. The Morgan fingerprint density at radius 1 is 0.380 bits per heavy atom. The van der Waals surface area contributed by atoms with Crippen LogP contribution in [0.15, 0.2) is 170 Å². The van der Waals surface area contributed by atoms with E-state index in [0.29, 0.717) is 0 Å². The second-order valence-electron chi connectivity index (χ2n) is 24.3. The molecule has 0 fully saturated rings. The number of anilines is 6. The summed E-state index contributed by atoms with van der Waals surface area (Å²) in [6.07, 6.45) is 0. The molecule has 4 heterocycles. The minimum absolute atomic E-state index is 0.00913. The van der Waals surface area contributed by atoms with Gasteiger partial charge in [0.1, 0.15) is 0 Å². The molecule has 0 amide bonds. The van der Waals surface area contributed by atoms with Crippen LogP contribution in [0, 0.1) is 0 Å². The van der Waals surface area contributed by atoms with Gasteiger partial charge in [-0.25, -0.2) is 0 Å². The lowest BCUT2D eigenvalue weighted by Gasteiger charge is -2.43. The Labute approximate surface area is 425 Å². The lowest BCUT2D eigenvalue weighted by atomic mass is 9.36. The molecule has 10 aromatic rings. The van der Waals surface area contributed by atoms with E-state index < -0.39 is 0 Å². The van der Waals surface area contributed by atoms with Crippen LogP contribution in [0.3, 0.4) is 0 Å². The van der Waals surface area contributed by atoms with Gasteiger partial charge in [-0.05, 0) is 151 Å². The molecule has 2 aliphatic rings. The molecule has 0 unspecified atom stereocenters. The molecule has 0 aliphatic carbocycles. The van der Waals surface area contributed by atoms with E-state index in [4.69, 9.17) is 0 Å². The molecule has 0 N–H and O–H groups in total. The maximum atomic E-state index is 2.58. The van der Waals surface area contributed by atoms with E-state index in [1.807, 2.05) is 11.3 Å². The Balaban J connectivity index is 1.14. The Morgan fingerprint density at radius 3 is 1.44 bits per heavy atom. The zero-order chi connectivity index (χ0) is 49.5. The SMILES string of the molecule is CC(C)(C)c1ccc(N2c3cc(-n4c5ccc(C(C)(C)C)cc5c5cc(C(C)(C)C)ccc54)ccc3B3c4sc5ccc(-c6ccccc6)cc5c4N(c4ccc(C(C)(C)C)cc4)c4cccc2c43)cc1. The highest BCUT2D eigenvalue weighted by molar-refractivity contribution is 7.33. The van der Waals surface area contributed by atoms with Crippen LogP contribution >= 0.6 is 11.3 Å². The fourth-order valence-corrected chi connectivity index (χ4v) is 12.7. The maximum absolute atomic E-state index is 2.58. The fraction of sp³-hybridized carbons (Fsp3) is 0.242. The van der Waals surface area contributed by atoms with E-state index in [2.05, 4.69) is 267 Å².